The fourth-order valence-electron chi connectivity index (χ4n) is 2.51. The summed E-state index contributed by atoms with van der Waals surface area (Å²) in [5.41, 5.74) is 14.6. The Morgan fingerprint density at radius 3 is 2.50 bits per heavy atom. The Hall–Kier alpha value is -2.18. The quantitative estimate of drug-likeness (QED) is 0.877. The van der Waals surface area contributed by atoms with E-state index in [1.54, 1.807) is 0 Å². The maximum Gasteiger partial charge on any atom is 0.228 e. The molecule has 3 rings (SSSR count). The van der Waals surface area contributed by atoms with E-state index >= 15 is 0 Å². The lowest BCUT2D eigenvalue weighted by Crippen LogP contribution is -2.37. The zero-order valence-electron chi connectivity index (χ0n) is 12.5. The molecule has 2 heterocycles. The highest BCUT2D eigenvalue weighted by Gasteiger charge is 2.15. The van der Waals surface area contributed by atoms with Crippen LogP contribution in [-0.4, -0.2) is 42.8 Å². The van der Waals surface area contributed by atoms with Crippen molar-refractivity contribution < 1.29 is 4.74 Å². The molecule has 1 aromatic heterocycles. The first-order valence-electron chi connectivity index (χ1n) is 7.53. The Balaban J connectivity index is 1.88. The molecule has 0 unspecified atom stereocenters. The molecule has 6 heteroatoms. The van der Waals surface area contributed by atoms with Gasteiger partial charge in [-0.2, -0.15) is 4.98 Å². The standard InChI is InChI=1S/C16H21N5O/c17-6-5-12-1-3-13(4-2-12)14-11-15(18)20-16(19-14)21-7-9-22-10-8-21/h1-4,11H,5-10,17H2,(H2,18,19,20). The van der Waals surface area contributed by atoms with Gasteiger partial charge in [-0.25, -0.2) is 4.98 Å². The highest BCUT2D eigenvalue weighted by atomic mass is 16.5. The molecule has 1 aromatic carbocycles. The smallest absolute Gasteiger partial charge is 0.228 e. The van der Waals surface area contributed by atoms with E-state index in [4.69, 9.17) is 16.2 Å². The fourth-order valence-corrected chi connectivity index (χ4v) is 2.51. The number of hydrogen-bond acceptors (Lipinski definition) is 6. The van der Waals surface area contributed by atoms with Crippen molar-refractivity contribution in [2.75, 3.05) is 43.5 Å². The minimum absolute atomic E-state index is 0.484. The summed E-state index contributed by atoms with van der Waals surface area (Å²) in [7, 11) is 0. The molecule has 0 atom stereocenters. The first-order valence-corrected chi connectivity index (χ1v) is 7.53. The summed E-state index contributed by atoms with van der Waals surface area (Å²) < 4.78 is 5.36. The van der Waals surface area contributed by atoms with Crippen LogP contribution >= 0.6 is 0 Å². The topological polar surface area (TPSA) is 90.3 Å². The molecular formula is C16H21N5O. The summed E-state index contributed by atoms with van der Waals surface area (Å²) in [6, 6.07) is 10.1. The van der Waals surface area contributed by atoms with E-state index in [1.807, 2.05) is 6.07 Å². The monoisotopic (exact) mass is 299 g/mol. The summed E-state index contributed by atoms with van der Waals surface area (Å²) in [4.78, 5) is 11.1. The van der Waals surface area contributed by atoms with Crippen molar-refractivity contribution >= 4 is 11.8 Å². The van der Waals surface area contributed by atoms with Gasteiger partial charge in [0.2, 0.25) is 5.95 Å². The Morgan fingerprint density at radius 2 is 1.82 bits per heavy atom. The highest BCUT2D eigenvalue weighted by Crippen LogP contribution is 2.22. The van der Waals surface area contributed by atoms with Gasteiger partial charge >= 0.3 is 0 Å². The number of benzene rings is 1. The van der Waals surface area contributed by atoms with Crippen LogP contribution in [0.2, 0.25) is 0 Å². The van der Waals surface area contributed by atoms with Crippen LogP contribution in [-0.2, 0) is 11.2 Å². The molecule has 22 heavy (non-hydrogen) atoms. The number of nitrogen functional groups attached to an aromatic ring is 1. The van der Waals surface area contributed by atoms with Crippen molar-refractivity contribution in [2.24, 2.45) is 5.73 Å². The zero-order chi connectivity index (χ0) is 15.4. The van der Waals surface area contributed by atoms with E-state index in [0.29, 0.717) is 31.5 Å². The Labute approximate surface area is 130 Å². The molecule has 1 saturated heterocycles. The number of anilines is 2. The minimum Gasteiger partial charge on any atom is -0.384 e. The number of nitrogens with two attached hydrogens (primary N) is 2. The van der Waals surface area contributed by atoms with Gasteiger partial charge in [0, 0.05) is 24.7 Å². The molecule has 2 aromatic rings. The lowest BCUT2D eigenvalue weighted by molar-refractivity contribution is 0.122. The summed E-state index contributed by atoms with van der Waals surface area (Å²) in [6.45, 7) is 3.63. The number of ether oxygens (including phenoxy) is 1. The average Bonchev–Trinajstić information content (AvgIpc) is 2.56. The first-order chi connectivity index (χ1) is 10.8. The van der Waals surface area contributed by atoms with Crippen LogP contribution in [0, 0.1) is 0 Å². The maximum absolute atomic E-state index is 5.96. The molecule has 1 aliphatic heterocycles. The van der Waals surface area contributed by atoms with Crippen LogP contribution in [0.25, 0.3) is 11.3 Å². The molecule has 0 radical (unpaired) electrons. The van der Waals surface area contributed by atoms with Gasteiger partial charge in [-0.3, -0.25) is 0 Å². The van der Waals surface area contributed by atoms with Gasteiger partial charge in [-0.05, 0) is 18.5 Å². The SMILES string of the molecule is NCCc1ccc(-c2cc(N)nc(N3CCOCC3)n2)cc1. The van der Waals surface area contributed by atoms with Crippen molar-refractivity contribution in [2.45, 2.75) is 6.42 Å². The van der Waals surface area contributed by atoms with E-state index in [1.165, 1.54) is 5.56 Å². The molecule has 0 saturated carbocycles. The number of aromatic nitrogens is 2. The third-order valence-corrected chi connectivity index (χ3v) is 3.71. The molecule has 0 amide bonds. The van der Waals surface area contributed by atoms with Crippen molar-refractivity contribution in [3.63, 3.8) is 0 Å². The normalized spacial score (nSPS) is 15.0. The first kappa shape index (κ1) is 14.7. The summed E-state index contributed by atoms with van der Waals surface area (Å²) in [5.74, 6) is 1.15. The summed E-state index contributed by atoms with van der Waals surface area (Å²) in [6.07, 6.45) is 0.880. The van der Waals surface area contributed by atoms with Gasteiger partial charge in [0.1, 0.15) is 5.82 Å². The van der Waals surface area contributed by atoms with E-state index in [0.717, 1.165) is 30.8 Å². The van der Waals surface area contributed by atoms with Crippen LogP contribution in [0.4, 0.5) is 11.8 Å². The molecule has 6 nitrogen and oxygen atoms in total. The lowest BCUT2D eigenvalue weighted by atomic mass is 10.1. The number of nitrogens with zero attached hydrogens (tertiary/aromatic N) is 3. The van der Waals surface area contributed by atoms with Crippen LogP contribution in [0.1, 0.15) is 5.56 Å². The number of morpholine rings is 1. The van der Waals surface area contributed by atoms with E-state index in [9.17, 15) is 0 Å². The van der Waals surface area contributed by atoms with Crippen LogP contribution in [0.3, 0.4) is 0 Å². The van der Waals surface area contributed by atoms with Crippen LogP contribution in [0.15, 0.2) is 30.3 Å². The second-order valence-electron chi connectivity index (χ2n) is 5.31. The number of hydrogen-bond donors (Lipinski definition) is 2. The third kappa shape index (κ3) is 3.35. The van der Waals surface area contributed by atoms with Gasteiger partial charge in [-0.15, -0.1) is 0 Å². The Bertz CT molecular complexity index is 623. The molecule has 1 aliphatic rings. The maximum atomic E-state index is 5.96. The number of rotatable bonds is 4. The second kappa shape index (κ2) is 6.72. The van der Waals surface area contributed by atoms with Gasteiger partial charge in [0.05, 0.1) is 18.9 Å². The van der Waals surface area contributed by atoms with Gasteiger partial charge < -0.3 is 21.1 Å². The lowest BCUT2D eigenvalue weighted by Gasteiger charge is -2.27. The average molecular weight is 299 g/mol. The van der Waals surface area contributed by atoms with Gasteiger partial charge in [0.15, 0.2) is 0 Å². The Kier molecular flexibility index (Phi) is 4.50. The predicted molar refractivity (Wildman–Crippen MR) is 87.7 cm³/mol. The van der Waals surface area contributed by atoms with Gasteiger partial charge in [-0.1, -0.05) is 24.3 Å². The molecule has 0 aliphatic carbocycles. The molecule has 4 N–H and O–H groups in total. The van der Waals surface area contributed by atoms with Crippen molar-refractivity contribution in [1.29, 1.82) is 0 Å². The molecule has 0 spiro atoms. The molecule has 0 bridgehead atoms. The van der Waals surface area contributed by atoms with Crippen molar-refractivity contribution in [1.82, 2.24) is 9.97 Å². The molecule has 116 valence electrons. The van der Waals surface area contributed by atoms with Gasteiger partial charge in [0.25, 0.3) is 0 Å². The highest BCUT2D eigenvalue weighted by molar-refractivity contribution is 5.64. The third-order valence-electron chi connectivity index (χ3n) is 3.71. The zero-order valence-corrected chi connectivity index (χ0v) is 12.5. The molecule has 1 fully saturated rings. The largest absolute Gasteiger partial charge is 0.384 e. The minimum atomic E-state index is 0.484. The van der Waals surface area contributed by atoms with E-state index in [2.05, 4.69) is 39.1 Å². The summed E-state index contributed by atoms with van der Waals surface area (Å²) in [5, 5.41) is 0. The second-order valence-corrected chi connectivity index (χ2v) is 5.31. The summed E-state index contributed by atoms with van der Waals surface area (Å²) >= 11 is 0. The van der Waals surface area contributed by atoms with E-state index < -0.39 is 0 Å². The van der Waals surface area contributed by atoms with Crippen LogP contribution in [0.5, 0.6) is 0 Å². The fraction of sp³-hybridized carbons (Fsp3) is 0.375. The van der Waals surface area contributed by atoms with Crippen LogP contribution < -0.4 is 16.4 Å². The molecular weight excluding hydrogens is 278 g/mol. The van der Waals surface area contributed by atoms with E-state index in [-0.39, 0.29) is 0 Å². The Morgan fingerprint density at radius 1 is 1.09 bits per heavy atom. The van der Waals surface area contributed by atoms with Crippen molar-refractivity contribution in [3.05, 3.63) is 35.9 Å². The predicted octanol–water partition coefficient (Wildman–Crippen LogP) is 1.06. The van der Waals surface area contributed by atoms with Crippen molar-refractivity contribution in [3.8, 4) is 11.3 Å².